The molecule has 1 atom stereocenters. The number of nitrogens with one attached hydrogen (secondary N) is 1. The predicted octanol–water partition coefficient (Wildman–Crippen LogP) is 1.21. The van der Waals surface area contributed by atoms with Gasteiger partial charge in [0.25, 0.3) is 5.91 Å². The van der Waals surface area contributed by atoms with E-state index in [0.29, 0.717) is 0 Å². The van der Waals surface area contributed by atoms with Crippen LogP contribution < -0.4 is 10.1 Å². The third-order valence-corrected chi connectivity index (χ3v) is 3.06. The summed E-state index contributed by atoms with van der Waals surface area (Å²) in [5.41, 5.74) is -1.48. The Morgan fingerprint density at radius 1 is 1.39 bits per heavy atom. The van der Waals surface area contributed by atoms with Crippen molar-refractivity contribution in [3.63, 3.8) is 0 Å². The molecule has 0 aromatic heterocycles. The zero-order chi connectivity index (χ0) is 17.6. The van der Waals surface area contributed by atoms with Crippen LogP contribution >= 0.6 is 0 Å². The minimum Gasteiger partial charge on any atom is -0.490 e. The molecular formula is C14H18N2O7. The van der Waals surface area contributed by atoms with Crippen LogP contribution in [0.4, 0.5) is 5.69 Å². The molecule has 0 aliphatic carbocycles. The number of amides is 1. The molecule has 0 fully saturated rings. The number of nitro benzene ring substituents is 1. The topological polar surface area (TPSA) is 128 Å². The first kappa shape index (κ1) is 18.4. The molecule has 0 saturated carbocycles. The lowest BCUT2D eigenvalue weighted by atomic mass is 9.98. The summed E-state index contributed by atoms with van der Waals surface area (Å²) in [5.74, 6) is -1.72. The molecule has 0 heterocycles. The Morgan fingerprint density at radius 3 is 2.52 bits per heavy atom. The van der Waals surface area contributed by atoms with E-state index in [0.717, 1.165) is 6.07 Å². The number of nitrogens with zero attached hydrogens (tertiary/aromatic N) is 1. The van der Waals surface area contributed by atoms with Gasteiger partial charge in [0.05, 0.1) is 30.6 Å². The Labute approximate surface area is 132 Å². The van der Waals surface area contributed by atoms with Gasteiger partial charge < -0.3 is 19.9 Å². The zero-order valence-electron chi connectivity index (χ0n) is 13.0. The van der Waals surface area contributed by atoms with E-state index in [1.54, 1.807) is 0 Å². The van der Waals surface area contributed by atoms with Crippen molar-refractivity contribution >= 4 is 17.6 Å². The van der Waals surface area contributed by atoms with Crippen LogP contribution in [0, 0.1) is 10.1 Å². The highest BCUT2D eigenvalue weighted by molar-refractivity contribution is 5.96. The molecule has 9 nitrogen and oxygen atoms in total. The van der Waals surface area contributed by atoms with Gasteiger partial charge in [0.15, 0.2) is 5.75 Å². The van der Waals surface area contributed by atoms with Gasteiger partial charge in [-0.2, -0.15) is 0 Å². The van der Waals surface area contributed by atoms with Gasteiger partial charge in [-0.05, 0) is 19.1 Å². The molecule has 1 unspecified atom stereocenters. The highest BCUT2D eigenvalue weighted by Gasteiger charge is 2.30. The SMILES string of the molecule is COCC(C)(CC(=O)O)NC(=O)c1ccc(OC)c([N+](=O)[O-])c1. The Hall–Kier alpha value is -2.68. The predicted molar refractivity (Wildman–Crippen MR) is 79.6 cm³/mol. The van der Waals surface area contributed by atoms with Gasteiger partial charge >= 0.3 is 11.7 Å². The van der Waals surface area contributed by atoms with Gasteiger partial charge in [-0.3, -0.25) is 19.7 Å². The summed E-state index contributed by atoms with van der Waals surface area (Å²) in [4.78, 5) is 33.5. The summed E-state index contributed by atoms with van der Waals surface area (Å²) in [6.45, 7) is 1.49. The van der Waals surface area contributed by atoms with Crippen molar-refractivity contribution < 1.29 is 29.1 Å². The molecule has 0 bridgehead atoms. The van der Waals surface area contributed by atoms with Crippen LogP contribution in [0.1, 0.15) is 23.7 Å². The molecule has 1 amide bonds. The number of ether oxygens (including phenoxy) is 2. The third kappa shape index (κ3) is 4.92. The number of nitro groups is 1. The van der Waals surface area contributed by atoms with Gasteiger partial charge in [-0.25, -0.2) is 0 Å². The van der Waals surface area contributed by atoms with E-state index < -0.39 is 22.3 Å². The van der Waals surface area contributed by atoms with Gasteiger partial charge in [-0.15, -0.1) is 0 Å². The van der Waals surface area contributed by atoms with Crippen LogP contribution in [0.3, 0.4) is 0 Å². The number of benzene rings is 1. The number of aliphatic carboxylic acids is 1. The lowest BCUT2D eigenvalue weighted by molar-refractivity contribution is -0.385. The summed E-state index contributed by atoms with van der Waals surface area (Å²) < 4.78 is 9.80. The number of methoxy groups -OCH3 is 2. The van der Waals surface area contributed by atoms with Crippen molar-refractivity contribution in [3.05, 3.63) is 33.9 Å². The van der Waals surface area contributed by atoms with Crippen molar-refractivity contribution in [2.24, 2.45) is 0 Å². The first-order valence-electron chi connectivity index (χ1n) is 6.58. The molecule has 2 N–H and O–H groups in total. The molecular weight excluding hydrogens is 308 g/mol. The number of carboxylic acid groups (broad SMARTS) is 1. The molecule has 1 aromatic carbocycles. The maximum absolute atomic E-state index is 12.3. The Kier molecular flexibility index (Phi) is 6.02. The fourth-order valence-corrected chi connectivity index (χ4v) is 2.10. The van der Waals surface area contributed by atoms with Gasteiger partial charge in [-0.1, -0.05) is 0 Å². The Balaban J connectivity index is 3.06. The molecule has 0 aliphatic rings. The smallest absolute Gasteiger partial charge is 0.311 e. The lowest BCUT2D eigenvalue weighted by Crippen LogP contribution is -2.50. The van der Waals surface area contributed by atoms with Crippen LogP contribution in [0.2, 0.25) is 0 Å². The summed E-state index contributed by atoms with van der Waals surface area (Å²) in [7, 11) is 2.66. The largest absolute Gasteiger partial charge is 0.490 e. The maximum Gasteiger partial charge on any atom is 0.311 e. The maximum atomic E-state index is 12.3. The van der Waals surface area contributed by atoms with Crippen molar-refractivity contribution in [1.82, 2.24) is 5.32 Å². The quantitative estimate of drug-likeness (QED) is 0.543. The average molecular weight is 326 g/mol. The molecule has 9 heteroatoms. The highest BCUT2D eigenvalue weighted by Crippen LogP contribution is 2.27. The standard InChI is InChI=1S/C14H18N2O7/c1-14(8-22-2,7-12(17)18)15-13(19)9-4-5-11(23-3)10(6-9)16(20)21/h4-6H,7-8H2,1-3H3,(H,15,19)(H,17,18). The van der Waals surface area contributed by atoms with E-state index in [4.69, 9.17) is 14.6 Å². The second kappa shape index (κ2) is 7.54. The lowest BCUT2D eigenvalue weighted by Gasteiger charge is -2.28. The van der Waals surface area contributed by atoms with E-state index in [2.05, 4.69) is 5.32 Å². The number of rotatable bonds is 8. The minimum atomic E-state index is -1.15. The van der Waals surface area contributed by atoms with Crippen LogP contribution in [-0.2, 0) is 9.53 Å². The number of carboxylic acids is 1. The Bertz CT molecular complexity index is 617. The molecule has 0 saturated heterocycles. The first-order chi connectivity index (χ1) is 10.7. The van der Waals surface area contributed by atoms with Gasteiger partial charge in [0.1, 0.15) is 0 Å². The second-order valence-corrected chi connectivity index (χ2v) is 5.16. The van der Waals surface area contributed by atoms with E-state index in [1.807, 2.05) is 0 Å². The molecule has 0 spiro atoms. The monoisotopic (exact) mass is 326 g/mol. The molecule has 126 valence electrons. The van der Waals surface area contributed by atoms with Crippen LogP contribution in [-0.4, -0.2) is 48.3 Å². The molecule has 1 aromatic rings. The number of hydrogen-bond donors (Lipinski definition) is 2. The summed E-state index contributed by atoms with van der Waals surface area (Å²) in [5, 5.41) is 22.5. The molecule has 0 radical (unpaired) electrons. The van der Waals surface area contributed by atoms with Crippen molar-refractivity contribution in [1.29, 1.82) is 0 Å². The van der Waals surface area contributed by atoms with Gasteiger partial charge in [0, 0.05) is 18.7 Å². The number of hydrogen-bond acceptors (Lipinski definition) is 6. The van der Waals surface area contributed by atoms with Crippen molar-refractivity contribution in [3.8, 4) is 5.75 Å². The van der Waals surface area contributed by atoms with Crippen molar-refractivity contribution in [2.75, 3.05) is 20.8 Å². The Morgan fingerprint density at radius 2 is 2.04 bits per heavy atom. The summed E-state index contributed by atoms with van der Waals surface area (Å²) >= 11 is 0. The van der Waals surface area contributed by atoms with Crippen LogP contribution in [0.5, 0.6) is 5.75 Å². The fourth-order valence-electron chi connectivity index (χ4n) is 2.10. The van der Waals surface area contributed by atoms with E-state index >= 15 is 0 Å². The molecule has 23 heavy (non-hydrogen) atoms. The van der Waals surface area contributed by atoms with E-state index in [1.165, 1.54) is 33.3 Å². The highest BCUT2D eigenvalue weighted by atomic mass is 16.6. The van der Waals surface area contributed by atoms with Gasteiger partial charge in [0.2, 0.25) is 0 Å². The first-order valence-corrected chi connectivity index (χ1v) is 6.58. The third-order valence-electron chi connectivity index (χ3n) is 3.06. The van der Waals surface area contributed by atoms with E-state index in [9.17, 15) is 19.7 Å². The average Bonchev–Trinajstić information content (AvgIpc) is 2.45. The normalized spacial score (nSPS) is 13.0. The fraction of sp³-hybridized carbons (Fsp3) is 0.429. The summed E-state index contributed by atoms with van der Waals surface area (Å²) in [6, 6.07) is 3.73. The minimum absolute atomic E-state index is 0.0187. The number of carbonyl (C=O) groups excluding carboxylic acids is 1. The second-order valence-electron chi connectivity index (χ2n) is 5.16. The summed E-state index contributed by atoms with van der Waals surface area (Å²) in [6.07, 6.45) is -0.356. The van der Waals surface area contributed by atoms with Crippen molar-refractivity contribution in [2.45, 2.75) is 18.9 Å². The molecule has 1 rings (SSSR count). The van der Waals surface area contributed by atoms with E-state index in [-0.39, 0.29) is 30.0 Å². The zero-order valence-corrected chi connectivity index (χ0v) is 13.0. The molecule has 0 aliphatic heterocycles. The van der Waals surface area contributed by atoms with Crippen LogP contribution in [0.25, 0.3) is 0 Å². The number of carbonyl (C=O) groups is 2. The van der Waals surface area contributed by atoms with Crippen LogP contribution in [0.15, 0.2) is 18.2 Å².